The van der Waals surface area contributed by atoms with Crippen molar-refractivity contribution in [2.75, 3.05) is 5.73 Å². The van der Waals surface area contributed by atoms with Crippen molar-refractivity contribution in [3.05, 3.63) is 45.9 Å². The summed E-state index contributed by atoms with van der Waals surface area (Å²) in [6.45, 7) is 0. The van der Waals surface area contributed by atoms with Crippen molar-refractivity contribution in [3.8, 4) is 11.1 Å². The van der Waals surface area contributed by atoms with Crippen LogP contribution in [0.15, 0.2) is 40.3 Å². The van der Waals surface area contributed by atoms with Crippen LogP contribution in [0.3, 0.4) is 0 Å². The summed E-state index contributed by atoms with van der Waals surface area (Å²) in [6, 6.07) is 7.46. The summed E-state index contributed by atoms with van der Waals surface area (Å²) >= 11 is 2.96. The van der Waals surface area contributed by atoms with Gasteiger partial charge in [0, 0.05) is 37.5 Å². The Morgan fingerprint density at radius 1 is 1.43 bits per heavy atom. The van der Waals surface area contributed by atoms with Crippen LogP contribution >= 0.6 is 27.3 Å². The number of nitrogen functional groups attached to an aromatic ring is 1. The second-order valence-electron chi connectivity index (χ2n) is 4.49. The van der Waals surface area contributed by atoms with E-state index in [0.29, 0.717) is 5.82 Å². The molecule has 2 N–H and O–H groups in total. The van der Waals surface area contributed by atoms with E-state index in [-0.39, 0.29) is 5.75 Å². The third-order valence-electron chi connectivity index (χ3n) is 3.10. The maximum Gasteiger partial charge on any atom is 0.133 e. The Hall–Kier alpha value is -1.28. The first-order chi connectivity index (χ1) is 10.1. The molecule has 0 saturated carbocycles. The van der Waals surface area contributed by atoms with Gasteiger partial charge >= 0.3 is 0 Å². The molecular weight excluding hydrogens is 372 g/mol. The fourth-order valence-corrected chi connectivity index (χ4v) is 4.44. The van der Waals surface area contributed by atoms with Crippen LogP contribution in [-0.4, -0.2) is 13.7 Å². The lowest BCUT2D eigenvalue weighted by Crippen LogP contribution is -1.94. The standard InChI is InChI=1S/C14H11BrN2O2S2/c15-11-6-20-13-10(5-17-14(16)12(11)13)9-3-1-2-8(4-9)7-21(18)19/h1-6H,7H2,(H2,16,17)(H,18,19)/p-1. The number of pyridine rings is 1. The van der Waals surface area contributed by atoms with Gasteiger partial charge in [-0.1, -0.05) is 35.3 Å². The van der Waals surface area contributed by atoms with Gasteiger partial charge < -0.3 is 10.3 Å². The van der Waals surface area contributed by atoms with Crippen molar-refractivity contribution in [2.45, 2.75) is 5.75 Å². The molecule has 2 heterocycles. The van der Waals surface area contributed by atoms with Crippen molar-refractivity contribution in [1.82, 2.24) is 4.98 Å². The lowest BCUT2D eigenvalue weighted by atomic mass is 10.0. The Bertz CT molecular complexity index is 848. The predicted octanol–water partition coefficient (Wildman–Crippen LogP) is 3.69. The number of nitrogens with zero attached hydrogens (tertiary/aromatic N) is 1. The maximum absolute atomic E-state index is 10.8. The summed E-state index contributed by atoms with van der Waals surface area (Å²) in [5.41, 5.74) is 8.57. The van der Waals surface area contributed by atoms with Gasteiger partial charge in [0.15, 0.2) is 0 Å². The molecule has 0 aliphatic heterocycles. The third kappa shape index (κ3) is 2.87. The van der Waals surface area contributed by atoms with Gasteiger partial charge in [0.25, 0.3) is 0 Å². The highest BCUT2D eigenvalue weighted by atomic mass is 79.9. The number of rotatable bonds is 3. The van der Waals surface area contributed by atoms with Gasteiger partial charge in [-0.2, -0.15) is 0 Å². The number of halogens is 1. The molecule has 0 fully saturated rings. The fourth-order valence-electron chi connectivity index (χ4n) is 2.20. The van der Waals surface area contributed by atoms with Crippen LogP contribution in [0.4, 0.5) is 5.82 Å². The van der Waals surface area contributed by atoms with Crippen LogP contribution in [-0.2, 0) is 16.8 Å². The van der Waals surface area contributed by atoms with E-state index in [4.69, 9.17) is 5.73 Å². The highest BCUT2D eigenvalue weighted by Gasteiger charge is 2.12. The Labute approximate surface area is 136 Å². The first-order valence-electron chi connectivity index (χ1n) is 6.02. The zero-order chi connectivity index (χ0) is 15.0. The van der Waals surface area contributed by atoms with Gasteiger partial charge in [-0.05, 0) is 27.1 Å². The Morgan fingerprint density at radius 2 is 2.24 bits per heavy atom. The number of benzene rings is 1. The number of aromatic nitrogens is 1. The van der Waals surface area contributed by atoms with E-state index in [0.717, 1.165) is 31.2 Å². The number of thiophene rings is 1. The molecule has 3 aromatic rings. The van der Waals surface area contributed by atoms with Crippen LogP contribution in [0.5, 0.6) is 0 Å². The largest absolute Gasteiger partial charge is 0.772 e. The van der Waals surface area contributed by atoms with E-state index >= 15 is 0 Å². The van der Waals surface area contributed by atoms with Gasteiger partial charge in [0.1, 0.15) is 5.82 Å². The van der Waals surface area contributed by atoms with E-state index in [1.807, 2.05) is 23.6 Å². The molecule has 1 aromatic carbocycles. The summed E-state index contributed by atoms with van der Waals surface area (Å²) < 4.78 is 23.6. The predicted molar refractivity (Wildman–Crippen MR) is 89.8 cm³/mol. The van der Waals surface area contributed by atoms with E-state index in [9.17, 15) is 8.76 Å². The second kappa shape index (κ2) is 5.84. The summed E-state index contributed by atoms with van der Waals surface area (Å²) in [5.74, 6) is 0.492. The molecule has 3 rings (SSSR count). The molecule has 4 nitrogen and oxygen atoms in total. The summed E-state index contributed by atoms with van der Waals surface area (Å²) in [6.07, 6.45) is 1.73. The Kier molecular flexibility index (Phi) is 4.08. The molecule has 0 radical (unpaired) electrons. The van der Waals surface area contributed by atoms with Crippen LogP contribution in [0.1, 0.15) is 5.56 Å². The highest BCUT2D eigenvalue weighted by Crippen LogP contribution is 2.39. The minimum atomic E-state index is -2.10. The van der Waals surface area contributed by atoms with Crippen LogP contribution in [0, 0.1) is 0 Å². The lowest BCUT2D eigenvalue weighted by molar-refractivity contribution is 0.536. The molecule has 0 amide bonds. The summed E-state index contributed by atoms with van der Waals surface area (Å²) in [5, 5.41) is 2.87. The van der Waals surface area contributed by atoms with Crippen LogP contribution < -0.4 is 5.73 Å². The molecule has 7 heteroatoms. The number of hydrogen-bond acceptors (Lipinski definition) is 5. The minimum Gasteiger partial charge on any atom is -0.772 e. The van der Waals surface area contributed by atoms with E-state index in [1.54, 1.807) is 23.6 Å². The first kappa shape index (κ1) is 14.6. The van der Waals surface area contributed by atoms with Crippen LogP contribution in [0.2, 0.25) is 0 Å². The zero-order valence-corrected chi connectivity index (χ0v) is 13.9. The average molecular weight is 382 g/mol. The first-order valence-corrected chi connectivity index (χ1v) is 8.94. The molecule has 0 bridgehead atoms. The quantitative estimate of drug-likeness (QED) is 0.701. The molecule has 0 spiro atoms. The van der Waals surface area contributed by atoms with Crippen molar-refractivity contribution >= 4 is 54.3 Å². The molecule has 108 valence electrons. The summed E-state index contributed by atoms with van der Waals surface area (Å²) in [7, 11) is 0. The molecule has 1 atom stereocenters. The van der Waals surface area contributed by atoms with Crippen molar-refractivity contribution in [3.63, 3.8) is 0 Å². The molecule has 21 heavy (non-hydrogen) atoms. The number of anilines is 1. The monoisotopic (exact) mass is 381 g/mol. The van der Waals surface area contributed by atoms with Crippen molar-refractivity contribution in [2.24, 2.45) is 0 Å². The van der Waals surface area contributed by atoms with E-state index in [1.165, 1.54) is 0 Å². The molecule has 1 unspecified atom stereocenters. The number of fused-ring (bicyclic) bond motifs is 1. The van der Waals surface area contributed by atoms with Crippen molar-refractivity contribution < 1.29 is 8.76 Å². The lowest BCUT2D eigenvalue weighted by Gasteiger charge is -2.09. The normalized spacial score (nSPS) is 12.7. The smallest absolute Gasteiger partial charge is 0.133 e. The molecule has 0 aliphatic carbocycles. The van der Waals surface area contributed by atoms with Crippen molar-refractivity contribution in [1.29, 1.82) is 0 Å². The second-order valence-corrected chi connectivity index (χ2v) is 7.12. The van der Waals surface area contributed by atoms with E-state index < -0.39 is 11.1 Å². The Morgan fingerprint density at radius 3 is 3.00 bits per heavy atom. The van der Waals surface area contributed by atoms with E-state index in [2.05, 4.69) is 20.9 Å². The van der Waals surface area contributed by atoms with Gasteiger partial charge in [-0.15, -0.1) is 11.3 Å². The zero-order valence-electron chi connectivity index (χ0n) is 10.7. The SMILES string of the molecule is Nc1ncc(-c2cccc(CS(=O)[O-])c2)c2scc(Br)c12. The van der Waals surface area contributed by atoms with Gasteiger partial charge in [0.2, 0.25) is 0 Å². The average Bonchev–Trinajstić information content (AvgIpc) is 2.82. The molecule has 0 saturated heterocycles. The maximum atomic E-state index is 10.8. The summed E-state index contributed by atoms with van der Waals surface area (Å²) in [4.78, 5) is 4.24. The molecular formula is C14H10BrN2O2S2-. The fraction of sp³-hybridized carbons (Fsp3) is 0.0714. The highest BCUT2D eigenvalue weighted by molar-refractivity contribution is 9.10. The topological polar surface area (TPSA) is 79.0 Å². The molecule has 0 aliphatic rings. The number of nitrogens with two attached hydrogens (primary N) is 1. The third-order valence-corrected chi connectivity index (χ3v) is 5.61. The molecule has 2 aromatic heterocycles. The number of hydrogen-bond donors (Lipinski definition) is 1. The van der Waals surface area contributed by atoms with Gasteiger partial charge in [-0.25, -0.2) is 4.98 Å². The van der Waals surface area contributed by atoms with Crippen LogP contribution in [0.25, 0.3) is 21.2 Å². The van der Waals surface area contributed by atoms with Gasteiger partial charge in [0.05, 0.1) is 0 Å². The van der Waals surface area contributed by atoms with Gasteiger partial charge in [-0.3, -0.25) is 4.21 Å². The Balaban J connectivity index is 2.17. The minimum absolute atomic E-state index is 0.00746.